The lowest BCUT2D eigenvalue weighted by Crippen LogP contribution is -2.48. The smallest absolute Gasteiger partial charge is 0.319 e. The Morgan fingerprint density at radius 2 is 2.20 bits per heavy atom. The van der Waals surface area contributed by atoms with E-state index in [0.29, 0.717) is 18.7 Å². The van der Waals surface area contributed by atoms with Crippen molar-refractivity contribution in [3.63, 3.8) is 0 Å². The minimum atomic E-state index is -1.20. The first kappa shape index (κ1) is 9.76. The summed E-state index contributed by atoms with van der Waals surface area (Å²) in [5, 5.41) is 11.6. The second-order valence-electron chi connectivity index (χ2n) is 3.78. The predicted octanol–water partition coefficient (Wildman–Crippen LogP) is 1.21. The minimum Gasteiger partial charge on any atom is -0.480 e. The SMILES string of the molecule is O=C(O)C1(C(=O)Nc2ccc[nH]2)CCC1. The molecule has 0 saturated heterocycles. The van der Waals surface area contributed by atoms with Gasteiger partial charge in [0.25, 0.3) is 0 Å². The van der Waals surface area contributed by atoms with Crippen molar-refractivity contribution in [2.75, 3.05) is 5.32 Å². The van der Waals surface area contributed by atoms with E-state index in [-0.39, 0.29) is 0 Å². The molecule has 0 radical (unpaired) electrons. The van der Waals surface area contributed by atoms with Crippen molar-refractivity contribution >= 4 is 17.7 Å². The summed E-state index contributed by atoms with van der Waals surface area (Å²) in [6.07, 6.45) is 3.32. The highest BCUT2D eigenvalue weighted by Crippen LogP contribution is 2.42. The number of carboxylic acids is 1. The van der Waals surface area contributed by atoms with Gasteiger partial charge in [-0.2, -0.15) is 0 Å². The molecule has 1 aromatic heterocycles. The highest BCUT2D eigenvalue weighted by atomic mass is 16.4. The fourth-order valence-corrected chi connectivity index (χ4v) is 1.72. The molecule has 1 fully saturated rings. The zero-order chi connectivity index (χ0) is 10.9. The van der Waals surface area contributed by atoms with Crippen LogP contribution in [-0.4, -0.2) is 22.0 Å². The predicted molar refractivity (Wildman–Crippen MR) is 53.3 cm³/mol. The lowest BCUT2D eigenvalue weighted by Gasteiger charge is -2.35. The normalized spacial score (nSPS) is 17.9. The molecule has 80 valence electrons. The number of hydrogen-bond donors (Lipinski definition) is 3. The Balaban J connectivity index is 2.10. The standard InChI is InChI=1S/C10H12N2O3/c13-8(12-7-3-1-6-11-7)10(9(14)15)4-2-5-10/h1,3,6,11H,2,4-5H2,(H,12,13)(H,14,15). The van der Waals surface area contributed by atoms with Gasteiger partial charge in [-0.15, -0.1) is 0 Å². The Morgan fingerprint density at radius 1 is 1.47 bits per heavy atom. The summed E-state index contributed by atoms with van der Waals surface area (Å²) in [5.41, 5.74) is -1.20. The molecule has 0 atom stereocenters. The summed E-state index contributed by atoms with van der Waals surface area (Å²) in [6.45, 7) is 0. The first-order valence-corrected chi connectivity index (χ1v) is 4.83. The van der Waals surface area contributed by atoms with Crippen LogP contribution >= 0.6 is 0 Å². The summed E-state index contributed by atoms with van der Waals surface area (Å²) in [4.78, 5) is 25.5. The summed E-state index contributed by atoms with van der Waals surface area (Å²) in [5.74, 6) is -0.922. The largest absolute Gasteiger partial charge is 0.480 e. The van der Waals surface area contributed by atoms with E-state index in [1.165, 1.54) is 0 Å². The molecule has 0 bridgehead atoms. The summed E-state index contributed by atoms with van der Waals surface area (Å²) in [6, 6.07) is 3.43. The molecule has 5 heteroatoms. The number of carbonyl (C=O) groups excluding carboxylic acids is 1. The van der Waals surface area contributed by atoms with Crippen molar-refractivity contribution in [2.24, 2.45) is 5.41 Å². The maximum absolute atomic E-state index is 11.7. The third-order valence-corrected chi connectivity index (χ3v) is 2.90. The summed E-state index contributed by atoms with van der Waals surface area (Å²) in [7, 11) is 0. The molecule has 1 aromatic rings. The molecule has 3 N–H and O–H groups in total. The Kier molecular flexibility index (Phi) is 2.22. The van der Waals surface area contributed by atoms with E-state index in [1.54, 1.807) is 18.3 Å². The fraction of sp³-hybridized carbons (Fsp3) is 0.400. The van der Waals surface area contributed by atoms with E-state index in [2.05, 4.69) is 10.3 Å². The maximum atomic E-state index is 11.7. The molecule has 0 aromatic carbocycles. The van der Waals surface area contributed by atoms with Crippen LogP contribution in [0.4, 0.5) is 5.82 Å². The lowest BCUT2D eigenvalue weighted by atomic mass is 9.68. The van der Waals surface area contributed by atoms with Gasteiger partial charge in [0, 0.05) is 6.20 Å². The molecule has 0 aliphatic heterocycles. The van der Waals surface area contributed by atoms with E-state index < -0.39 is 17.3 Å². The van der Waals surface area contributed by atoms with Crippen LogP contribution in [0.25, 0.3) is 0 Å². The van der Waals surface area contributed by atoms with Gasteiger partial charge in [-0.25, -0.2) is 0 Å². The van der Waals surface area contributed by atoms with Crippen molar-refractivity contribution in [3.8, 4) is 0 Å². The number of aliphatic carboxylic acids is 1. The number of rotatable bonds is 3. The van der Waals surface area contributed by atoms with E-state index in [4.69, 9.17) is 5.11 Å². The molecule has 15 heavy (non-hydrogen) atoms. The molecule has 0 unspecified atom stereocenters. The van der Waals surface area contributed by atoms with Crippen LogP contribution in [-0.2, 0) is 9.59 Å². The van der Waals surface area contributed by atoms with Gasteiger partial charge >= 0.3 is 5.97 Å². The minimum absolute atomic E-state index is 0.425. The van der Waals surface area contributed by atoms with Crippen LogP contribution in [0.1, 0.15) is 19.3 Å². The van der Waals surface area contributed by atoms with E-state index >= 15 is 0 Å². The Hall–Kier alpha value is -1.78. The van der Waals surface area contributed by atoms with Gasteiger partial charge in [-0.1, -0.05) is 6.42 Å². The molecule has 0 spiro atoms. The van der Waals surface area contributed by atoms with Gasteiger partial charge in [-0.3, -0.25) is 9.59 Å². The zero-order valence-electron chi connectivity index (χ0n) is 8.12. The second kappa shape index (κ2) is 3.42. The van der Waals surface area contributed by atoms with Crippen molar-refractivity contribution in [2.45, 2.75) is 19.3 Å². The molecule has 2 rings (SSSR count). The maximum Gasteiger partial charge on any atom is 0.319 e. The van der Waals surface area contributed by atoms with E-state index in [1.807, 2.05) is 0 Å². The van der Waals surface area contributed by atoms with Gasteiger partial charge in [0.2, 0.25) is 5.91 Å². The molecule has 1 amide bonds. The third kappa shape index (κ3) is 1.49. The van der Waals surface area contributed by atoms with Gasteiger partial charge in [0.1, 0.15) is 11.2 Å². The number of aromatic amines is 1. The molecule has 1 saturated carbocycles. The Bertz CT molecular complexity index is 379. The lowest BCUT2D eigenvalue weighted by molar-refractivity contribution is -0.159. The first-order valence-electron chi connectivity index (χ1n) is 4.83. The number of carboxylic acid groups (broad SMARTS) is 1. The molecule has 1 heterocycles. The number of nitrogens with one attached hydrogen (secondary N) is 2. The van der Waals surface area contributed by atoms with Crippen LogP contribution in [0.5, 0.6) is 0 Å². The summed E-state index contributed by atoms with van der Waals surface area (Å²) >= 11 is 0. The van der Waals surface area contributed by atoms with Crippen LogP contribution < -0.4 is 5.32 Å². The van der Waals surface area contributed by atoms with Gasteiger partial charge in [-0.05, 0) is 25.0 Å². The number of anilines is 1. The first-order chi connectivity index (χ1) is 7.15. The molecular formula is C10H12N2O3. The summed E-state index contributed by atoms with van der Waals surface area (Å²) < 4.78 is 0. The van der Waals surface area contributed by atoms with Crippen LogP contribution in [0.3, 0.4) is 0 Å². The van der Waals surface area contributed by atoms with Crippen molar-refractivity contribution in [1.29, 1.82) is 0 Å². The van der Waals surface area contributed by atoms with Crippen LogP contribution in [0.2, 0.25) is 0 Å². The highest BCUT2D eigenvalue weighted by Gasteiger charge is 2.51. The number of hydrogen-bond acceptors (Lipinski definition) is 2. The monoisotopic (exact) mass is 208 g/mol. The zero-order valence-corrected chi connectivity index (χ0v) is 8.12. The Labute approximate surface area is 86.5 Å². The van der Waals surface area contributed by atoms with Crippen molar-refractivity contribution < 1.29 is 14.7 Å². The molecule has 1 aliphatic rings. The number of carbonyl (C=O) groups is 2. The molecule has 1 aliphatic carbocycles. The van der Waals surface area contributed by atoms with Gasteiger partial charge in [0.15, 0.2) is 0 Å². The van der Waals surface area contributed by atoms with E-state index in [0.717, 1.165) is 6.42 Å². The third-order valence-electron chi connectivity index (χ3n) is 2.90. The number of H-pyrrole nitrogens is 1. The van der Waals surface area contributed by atoms with Gasteiger partial charge < -0.3 is 15.4 Å². The van der Waals surface area contributed by atoms with Crippen molar-refractivity contribution in [3.05, 3.63) is 18.3 Å². The van der Waals surface area contributed by atoms with Crippen LogP contribution in [0.15, 0.2) is 18.3 Å². The van der Waals surface area contributed by atoms with E-state index in [9.17, 15) is 9.59 Å². The number of amides is 1. The van der Waals surface area contributed by atoms with Crippen LogP contribution in [0, 0.1) is 5.41 Å². The quantitative estimate of drug-likeness (QED) is 0.653. The average molecular weight is 208 g/mol. The number of aromatic nitrogens is 1. The van der Waals surface area contributed by atoms with Crippen molar-refractivity contribution in [1.82, 2.24) is 4.98 Å². The topological polar surface area (TPSA) is 82.2 Å². The molecular weight excluding hydrogens is 196 g/mol. The van der Waals surface area contributed by atoms with Gasteiger partial charge in [0.05, 0.1) is 0 Å². The highest BCUT2D eigenvalue weighted by molar-refractivity contribution is 6.08. The fourth-order valence-electron chi connectivity index (χ4n) is 1.72. The molecule has 5 nitrogen and oxygen atoms in total. The Morgan fingerprint density at radius 3 is 2.60 bits per heavy atom. The average Bonchev–Trinajstić information content (AvgIpc) is 2.53. The second-order valence-corrected chi connectivity index (χ2v) is 3.78.